The molecule has 74 valence electrons. The third kappa shape index (κ3) is 2.87. The highest BCUT2D eigenvalue weighted by Crippen LogP contribution is 2.21. The van der Waals surface area contributed by atoms with Crippen molar-refractivity contribution in [3.8, 4) is 0 Å². The molecule has 0 fully saturated rings. The highest BCUT2D eigenvalue weighted by molar-refractivity contribution is 5.95. The molecule has 0 radical (unpaired) electrons. The van der Waals surface area contributed by atoms with Crippen LogP contribution in [0.2, 0.25) is 0 Å². The number of hydrogen-bond acceptors (Lipinski definition) is 2. The van der Waals surface area contributed by atoms with Crippen LogP contribution in [0.5, 0.6) is 0 Å². The van der Waals surface area contributed by atoms with Crippen LogP contribution in [-0.2, 0) is 9.53 Å². The fraction of sp³-hybridized carbons (Fsp3) is 0.727. The highest BCUT2D eigenvalue weighted by Gasteiger charge is 2.24. The van der Waals surface area contributed by atoms with Crippen molar-refractivity contribution in [1.29, 1.82) is 0 Å². The zero-order valence-electron chi connectivity index (χ0n) is 8.51. The van der Waals surface area contributed by atoms with Crippen LogP contribution in [0.1, 0.15) is 46.0 Å². The van der Waals surface area contributed by atoms with Gasteiger partial charge in [0.25, 0.3) is 0 Å². The van der Waals surface area contributed by atoms with E-state index in [0.717, 1.165) is 25.0 Å². The standard InChI is InChI=1S/C11H18O2/c1-3-5-6-7-9-8-10(12)11(4-2)13-9/h8,11H,3-7H2,1-2H3. The predicted molar refractivity (Wildman–Crippen MR) is 52.4 cm³/mol. The van der Waals surface area contributed by atoms with Gasteiger partial charge in [0.2, 0.25) is 0 Å². The third-order valence-corrected chi connectivity index (χ3v) is 2.31. The van der Waals surface area contributed by atoms with Crippen molar-refractivity contribution in [3.05, 3.63) is 11.8 Å². The molecule has 1 heterocycles. The maximum Gasteiger partial charge on any atom is 0.199 e. The molecule has 13 heavy (non-hydrogen) atoms. The Balaban J connectivity index is 2.29. The van der Waals surface area contributed by atoms with Gasteiger partial charge in [-0.05, 0) is 12.8 Å². The average Bonchev–Trinajstić information content (AvgIpc) is 2.47. The molecule has 0 saturated heterocycles. The summed E-state index contributed by atoms with van der Waals surface area (Å²) in [5.74, 6) is 1.04. The molecule has 0 bridgehead atoms. The van der Waals surface area contributed by atoms with Crippen LogP contribution < -0.4 is 0 Å². The number of unbranched alkanes of at least 4 members (excludes halogenated alkanes) is 2. The second-order valence-corrected chi connectivity index (χ2v) is 3.48. The first-order chi connectivity index (χ1) is 6.27. The lowest BCUT2D eigenvalue weighted by atomic mass is 10.1. The van der Waals surface area contributed by atoms with Crippen molar-refractivity contribution < 1.29 is 9.53 Å². The first-order valence-corrected chi connectivity index (χ1v) is 5.19. The largest absolute Gasteiger partial charge is 0.487 e. The molecule has 1 rings (SSSR count). The van der Waals surface area contributed by atoms with Crippen LogP contribution in [0, 0.1) is 0 Å². The Bertz CT molecular complexity index is 206. The molecule has 1 aliphatic rings. The molecule has 2 heteroatoms. The lowest BCUT2D eigenvalue weighted by Gasteiger charge is -2.08. The van der Waals surface area contributed by atoms with Crippen LogP contribution in [0.4, 0.5) is 0 Å². The summed E-state index contributed by atoms with van der Waals surface area (Å²) in [6, 6.07) is 0. The Hall–Kier alpha value is -0.790. The normalized spacial score (nSPS) is 21.5. The van der Waals surface area contributed by atoms with Crippen LogP contribution in [0.15, 0.2) is 11.8 Å². The maximum atomic E-state index is 11.2. The van der Waals surface area contributed by atoms with E-state index in [2.05, 4.69) is 6.92 Å². The topological polar surface area (TPSA) is 26.3 Å². The van der Waals surface area contributed by atoms with Crippen molar-refractivity contribution in [2.75, 3.05) is 0 Å². The first kappa shape index (κ1) is 10.3. The molecule has 0 aromatic heterocycles. The minimum Gasteiger partial charge on any atom is -0.487 e. The van der Waals surface area contributed by atoms with E-state index < -0.39 is 0 Å². The van der Waals surface area contributed by atoms with E-state index in [9.17, 15) is 4.79 Å². The quantitative estimate of drug-likeness (QED) is 0.611. The fourth-order valence-corrected chi connectivity index (χ4v) is 1.49. The van der Waals surface area contributed by atoms with Crippen LogP contribution in [-0.4, -0.2) is 11.9 Å². The molecule has 0 N–H and O–H groups in total. The summed E-state index contributed by atoms with van der Waals surface area (Å²) >= 11 is 0. The molecule has 1 unspecified atom stereocenters. The molecular weight excluding hydrogens is 164 g/mol. The van der Waals surface area contributed by atoms with Gasteiger partial charge in [0.05, 0.1) is 0 Å². The maximum absolute atomic E-state index is 11.2. The number of carbonyl (C=O) groups excluding carboxylic acids is 1. The van der Waals surface area contributed by atoms with Crippen molar-refractivity contribution in [2.24, 2.45) is 0 Å². The van der Waals surface area contributed by atoms with Gasteiger partial charge in [-0.25, -0.2) is 0 Å². The summed E-state index contributed by atoms with van der Waals surface area (Å²) in [6.45, 7) is 4.15. The predicted octanol–water partition coefficient (Wildman–Crippen LogP) is 2.83. The SMILES string of the molecule is CCCCCC1=CC(=O)C(CC)O1. The minimum absolute atomic E-state index is 0.147. The number of rotatable bonds is 5. The molecule has 0 aliphatic carbocycles. The Morgan fingerprint density at radius 2 is 2.15 bits per heavy atom. The zero-order chi connectivity index (χ0) is 9.68. The number of ketones is 1. The third-order valence-electron chi connectivity index (χ3n) is 2.31. The van der Waals surface area contributed by atoms with E-state index in [0.29, 0.717) is 0 Å². The molecule has 0 saturated carbocycles. The second kappa shape index (κ2) is 5.05. The minimum atomic E-state index is -0.184. The van der Waals surface area contributed by atoms with Gasteiger partial charge >= 0.3 is 0 Å². The zero-order valence-corrected chi connectivity index (χ0v) is 8.51. The monoisotopic (exact) mass is 182 g/mol. The number of carbonyl (C=O) groups is 1. The van der Waals surface area contributed by atoms with Crippen LogP contribution in [0.3, 0.4) is 0 Å². The molecule has 1 atom stereocenters. The van der Waals surface area contributed by atoms with Gasteiger partial charge in [-0.15, -0.1) is 0 Å². The van der Waals surface area contributed by atoms with Crippen molar-refractivity contribution in [3.63, 3.8) is 0 Å². The molecule has 0 aromatic carbocycles. The second-order valence-electron chi connectivity index (χ2n) is 3.48. The van der Waals surface area contributed by atoms with Crippen molar-refractivity contribution >= 4 is 5.78 Å². The Labute approximate surface area is 80.0 Å². The van der Waals surface area contributed by atoms with E-state index in [1.165, 1.54) is 12.8 Å². The summed E-state index contributed by atoms with van der Waals surface area (Å²) in [7, 11) is 0. The molecule has 2 nitrogen and oxygen atoms in total. The fourth-order valence-electron chi connectivity index (χ4n) is 1.49. The van der Waals surface area contributed by atoms with E-state index in [1.54, 1.807) is 6.08 Å². The Morgan fingerprint density at radius 1 is 1.38 bits per heavy atom. The average molecular weight is 182 g/mol. The summed E-state index contributed by atoms with van der Waals surface area (Å²) in [5, 5.41) is 0. The Kier molecular flexibility index (Phi) is 4.00. The van der Waals surface area contributed by atoms with Gasteiger partial charge in [0.15, 0.2) is 11.9 Å². The van der Waals surface area contributed by atoms with Crippen molar-refractivity contribution in [1.82, 2.24) is 0 Å². The van der Waals surface area contributed by atoms with E-state index >= 15 is 0 Å². The first-order valence-electron chi connectivity index (χ1n) is 5.19. The lowest BCUT2D eigenvalue weighted by Crippen LogP contribution is -2.14. The van der Waals surface area contributed by atoms with Crippen molar-refractivity contribution in [2.45, 2.75) is 52.1 Å². The summed E-state index contributed by atoms with van der Waals surface area (Å²) in [4.78, 5) is 11.2. The summed E-state index contributed by atoms with van der Waals surface area (Å²) in [6.07, 6.45) is 6.75. The van der Waals surface area contributed by atoms with Gasteiger partial charge in [-0.2, -0.15) is 0 Å². The lowest BCUT2D eigenvalue weighted by molar-refractivity contribution is -0.120. The van der Waals surface area contributed by atoms with Gasteiger partial charge in [0.1, 0.15) is 5.76 Å². The van der Waals surface area contributed by atoms with Gasteiger partial charge < -0.3 is 4.74 Å². The summed E-state index contributed by atoms with van der Waals surface area (Å²) in [5.41, 5.74) is 0. The molecule has 0 spiro atoms. The molecular formula is C11H18O2. The number of allylic oxidation sites excluding steroid dienone is 1. The van der Waals surface area contributed by atoms with Gasteiger partial charge in [-0.3, -0.25) is 4.79 Å². The van der Waals surface area contributed by atoms with E-state index in [4.69, 9.17) is 4.74 Å². The molecule has 1 aliphatic heterocycles. The van der Waals surface area contributed by atoms with E-state index in [-0.39, 0.29) is 11.9 Å². The van der Waals surface area contributed by atoms with E-state index in [1.807, 2.05) is 6.92 Å². The number of ether oxygens (including phenoxy) is 1. The molecule has 0 aromatic rings. The van der Waals surface area contributed by atoms with Crippen LogP contribution in [0.25, 0.3) is 0 Å². The summed E-state index contributed by atoms with van der Waals surface area (Å²) < 4.78 is 5.48. The van der Waals surface area contributed by atoms with Crippen LogP contribution >= 0.6 is 0 Å². The highest BCUT2D eigenvalue weighted by atomic mass is 16.5. The smallest absolute Gasteiger partial charge is 0.199 e. The van der Waals surface area contributed by atoms with Gasteiger partial charge in [-0.1, -0.05) is 26.7 Å². The Morgan fingerprint density at radius 3 is 2.69 bits per heavy atom. The molecule has 0 amide bonds. The number of hydrogen-bond donors (Lipinski definition) is 0. The van der Waals surface area contributed by atoms with Gasteiger partial charge in [0, 0.05) is 12.5 Å².